The lowest BCUT2D eigenvalue weighted by atomic mass is 10.0. The molecule has 1 N–H and O–H groups in total. The van der Waals surface area contributed by atoms with Gasteiger partial charge in [0.15, 0.2) is 0 Å². The summed E-state index contributed by atoms with van der Waals surface area (Å²) in [5, 5.41) is 9.71. The van der Waals surface area contributed by atoms with E-state index in [1.165, 1.54) is 11.1 Å². The molecule has 1 aliphatic rings. The minimum atomic E-state index is -0.675. The van der Waals surface area contributed by atoms with Crippen LogP contribution in [0.5, 0.6) is 0 Å². The van der Waals surface area contributed by atoms with Crippen LogP contribution < -0.4 is 0 Å². The highest BCUT2D eigenvalue weighted by Gasteiger charge is 2.42. The highest BCUT2D eigenvalue weighted by molar-refractivity contribution is 6.30. The number of carbonyl (C=O) groups is 1. The van der Waals surface area contributed by atoms with Crippen molar-refractivity contribution in [3.8, 4) is 0 Å². The molecule has 2 rings (SSSR count). The summed E-state index contributed by atoms with van der Waals surface area (Å²) in [4.78, 5) is 10.9. The third kappa shape index (κ3) is 3.60. The normalized spacial score (nSPS) is 24.1. The van der Waals surface area contributed by atoms with Crippen molar-refractivity contribution in [3.05, 3.63) is 40.9 Å². The van der Waals surface area contributed by atoms with Crippen LogP contribution in [0.4, 0.5) is 0 Å². The van der Waals surface area contributed by atoms with Gasteiger partial charge in [-0.05, 0) is 54.9 Å². The number of halogens is 1. The molecule has 1 aromatic carbocycles. The topological polar surface area (TPSA) is 37.3 Å². The first-order chi connectivity index (χ1) is 8.99. The van der Waals surface area contributed by atoms with Crippen molar-refractivity contribution in [3.63, 3.8) is 0 Å². The van der Waals surface area contributed by atoms with Crippen LogP contribution in [-0.2, 0) is 4.79 Å². The summed E-state index contributed by atoms with van der Waals surface area (Å²) in [6, 6.07) is 7.80. The van der Waals surface area contributed by atoms with Gasteiger partial charge in [0.05, 0.1) is 5.92 Å². The number of benzene rings is 1. The van der Waals surface area contributed by atoms with E-state index in [9.17, 15) is 4.79 Å². The van der Waals surface area contributed by atoms with Crippen molar-refractivity contribution in [2.45, 2.75) is 26.7 Å². The van der Waals surface area contributed by atoms with Crippen molar-refractivity contribution >= 4 is 23.1 Å². The van der Waals surface area contributed by atoms with Crippen molar-refractivity contribution < 1.29 is 9.90 Å². The van der Waals surface area contributed by atoms with Gasteiger partial charge in [-0.2, -0.15) is 0 Å². The Morgan fingerprint density at radius 1 is 1.47 bits per heavy atom. The van der Waals surface area contributed by atoms with Gasteiger partial charge < -0.3 is 5.11 Å². The Labute approximate surface area is 119 Å². The molecule has 0 spiro atoms. The van der Waals surface area contributed by atoms with E-state index in [0.29, 0.717) is 11.8 Å². The smallest absolute Gasteiger partial charge is 0.306 e. The van der Waals surface area contributed by atoms with Crippen molar-refractivity contribution in [2.75, 3.05) is 0 Å². The average molecular weight is 279 g/mol. The summed E-state index contributed by atoms with van der Waals surface area (Å²) in [6.07, 6.45) is 4.22. The number of carboxylic acids is 1. The minimum absolute atomic E-state index is 0.214. The Hall–Kier alpha value is -1.28. The van der Waals surface area contributed by atoms with Gasteiger partial charge >= 0.3 is 5.97 Å². The fourth-order valence-corrected chi connectivity index (χ4v) is 2.62. The lowest BCUT2D eigenvalue weighted by Gasteiger charge is -2.04. The minimum Gasteiger partial charge on any atom is -0.481 e. The summed E-state index contributed by atoms with van der Waals surface area (Å²) < 4.78 is 0. The van der Waals surface area contributed by atoms with Crippen molar-refractivity contribution in [1.29, 1.82) is 0 Å². The highest BCUT2D eigenvalue weighted by Crippen LogP contribution is 2.47. The molecule has 0 radical (unpaired) electrons. The largest absolute Gasteiger partial charge is 0.481 e. The SMILES string of the molecule is CC(=CCC1CC1C(C)C(=O)O)c1ccc(Cl)cc1. The summed E-state index contributed by atoms with van der Waals surface area (Å²) in [5.41, 5.74) is 2.40. The Bertz CT molecular complexity index is 490. The molecule has 0 bridgehead atoms. The quantitative estimate of drug-likeness (QED) is 0.861. The second kappa shape index (κ2) is 5.79. The van der Waals surface area contributed by atoms with E-state index in [-0.39, 0.29) is 5.92 Å². The predicted molar refractivity (Wildman–Crippen MR) is 78.1 cm³/mol. The van der Waals surface area contributed by atoms with Gasteiger partial charge in [0, 0.05) is 5.02 Å². The zero-order valence-corrected chi connectivity index (χ0v) is 12.0. The van der Waals surface area contributed by atoms with Gasteiger partial charge in [0.2, 0.25) is 0 Å². The predicted octanol–water partition coefficient (Wildman–Crippen LogP) is 4.49. The molecule has 0 amide bonds. The maximum atomic E-state index is 10.9. The molecule has 1 saturated carbocycles. The Morgan fingerprint density at radius 2 is 2.11 bits per heavy atom. The first kappa shape index (κ1) is 14.1. The lowest BCUT2D eigenvalue weighted by molar-refractivity contribution is -0.141. The van der Waals surface area contributed by atoms with E-state index in [1.807, 2.05) is 31.2 Å². The van der Waals surface area contributed by atoms with Gasteiger partial charge in [-0.3, -0.25) is 4.79 Å². The van der Waals surface area contributed by atoms with E-state index >= 15 is 0 Å². The summed E-state index contributed by atoms with van der Waals surface area (Å²) >= 11 is 5.86. The van der Waals surface area contributed by atoms with Crippen LogP contribution in [0.15, 0.2) is 30.3 Å². The standard InChI is InChI=1S/C16H19ClO2/c1-10(12-5-7-14(17)8-6-12)3-4-13-9-15(13)11(2)16(18)19/h3,5-8,11,13,15H,4,9H2,1-2H3,(H,18,19). The molecule has 3 heteroatoms. The van der Waals surface area contributed by atoms with Crippen LogP contribution >= 0.6 is 11.6 Å². The fourth-order valence-electron chi connectivity index (χ4n) is 2.50. The van der Waals surface area contributed by atoms with Crippen molar-refractivity contribution in [1.82, 2.24) is 0 Å². The Morgan fingerprint density at radius 3 is 2.68 bits per heavy atom. The zero-order chi connectivity index (χ0) is 14.0. The number of allylic oxidation sites excluding steroid dienone is 2. The summed E-state index contributed by atoms with van der Waals surface area (Å²) in [7, 11) is 0. The molecule has 0 aliphatic heterocycles. The van der Waals surface area contributed by atoms with Crippen LogP contribution in [0.2, 0.25) is 5.02 Å². The van der Waals surface area contributed by atoms with E-state index in [4.69, 9.17) is 16.7 Å². The molecule has 1 aliphatic carbocycles. The third-order valence-corrected chi connectivity index (χ3v) is 4.29. The summed E-state index contributed by atoms with van der Waals surface area (Å²) in [5.74, 6) is 0.000240. The molecule has 102 valence electrons. The number of aliphatic carboxylic acids is 1. The number of carboxylic acid groups (broad SMARTS) is 1. The zero-order valence-electron chi connectivity index (χ0n) is 11.3. The van der Waals surface area contributed by atoms with Gasteiger partial charge in [-0.1, -0.05) is 36.7 Å². The fraction of sp³-hybridized carbons (Fsp3) is 0.438. The first-order valence-corrected chi connectivity index (χ1v) is 7.02. The molecule has 1 aromatic rings. The molecule has 3 unspecified atom stereocenters. The van der Waals surface area contributed by atoms with Gasteiger partial charge in [-0.25, -0.2) is 0 Å². The average Bonchev–Trinajstić information content (AvgIpc) is 3.15. The molecular weight excluding hydrogens is 260 g/mol. The van der Waals surface area contributed by atoms with E-state index in [1.54, 1.807) is 0 Å². The number of rotatable bonds is 5. The lowest BCUT2D eigenvalue weighted by Crippen LogP contribution is -2.12. The second-order valence-electron chi connectivity index (χ2n) is 5.42. The third-order valence-electron chi connectivity index (χ3n) is 4.04. The maximum absolute atomic E-state index is 10.9. The van der Waals surface area contributed by atoms with Gasteiger partial charge in [-0.15, -0.1) is 0 Å². The molecule has 19 heavy (non-hydrogen) atoms. The van der Waals surface area contributed by atoms with Gasteiger partial charge in [0.1, 0.15) is 0 Å². The first-order valence-electron chi connectivity index (χ1n) is 6.64. The molecular formula is C16H19ClO2. The molecule has 1 fully saturated rings. The van der Waals surface area contributed by atoms with Crippen LogP contribution in [-0.4, -0.2) is 11.1 Å². The molecule has 0 saturated heterocycles. The molecule has 0 heterocycles. The van der Waals surface area contributed by atoms with Crippen LogP contribution in [0.1, 0.15) is 32.3 Å². The number of hydrogen-bond donors (Lipinski definition) is 1. The van der Waals surface area contributed by atoms with E-state index in [0.717, 1.165) is 17.9 Å². The summed E-state index contributed by atoms with van der Waals surface area (Å²) in [6.45, 7) is 3.89. The van der Waals surface area contributed by atoms with Crippen molar-refractivity contribution in [2.24, 2.45) is 17.8 Å². The van der Waals surface area contributed by atoms with Crippen LogP contribution in [0.3, 0.4) is 0 Å². The van der Waals surface area contributed by atoms with E-state index < -0.39 is 5.97 Å². The van der Waals surface area contributed by atoms with E-state index in [2.05, 4.69) is 13.0 Å². The van der Waals surface area contributed by atoms with Crippen LogP contribution in [0, 0.1) is 17.8 Å². The molecule has 3 atom stereocenters. The monoisotopic (exact) mass is 278 g/mol. The Balaban J connectivity index is 1.90. The Kier molecular flexibility index (Phi) is 4.31. The van der Waals surface area contributed by atoms with Gasteiger partial charge in [0.25, 0.3) is 0 Å². The molecule has 2 nitrogen and oxygen atoms in total. The second-order valence-corrected chi connectivity index (χ2v) is 5.85. The maximum Gasteiger partial charge on any atom is 0.306 e. The molecule has 0 aromatic heterocycles. The van der Waals surface area contributed by atoms with Crippen LogP contribution in [0.25, 0.3) is 5.57 Å². The number of hydrogen-bond acceptors (Lipinski definition) is 1. The highest BCUT2D eigenvalue weighted by atomic mass is 35.5.